The Morgan fingerprint density at radius 3 is 2.94 bits per heavy atom. The van der Waals surface area contributed by atoms with Crippen molar-refractivity contribution in [1.82, 2.24) is 24.6 Å². The quantitative estimate of drug-likeness (QED) is 0.214. The van der Waals surface area contributed by atoms with Crippen molar-refractivity contribution in [3.63, 3.8) is 0 Å². The van der Waals surface area contributed by atoms with Crippen LogP contribution in [0.3, 0.4) is 0 Å². The highest BCUT2D eigenvalue weighted by atomic mass is 35.5. The van der Waals surface area contributed by atoms with Crippen molar-refractivity contribution < 1.29 is 28.5 Å². The highest BCUT2D eigenvalue weighted by molar-refractivity contribution is 7.36. The maximum Gasteiger partial charge on any atom is 0.613 e. The Hall–Kier alpha value is -2.39. The number of hydrogen-bond acceptors (Lipinski definition) is 10. The molecule has 2 aromatic heterocycles. The van der Waals surface area contributed by atoms with Crippen molar-refractivity contribution >= 4 is 42.7 Å². The zero-order valence-electron chi connectivity index (χ0n) is 17.6. The summed E-state index contributed by atoms with van der Waals surface area (Å²) >= 11 is 5.89. The first kappa shape index (κ1) is 24.3. The fourth-order valence-corrected chi connectivity index (χ4v) is 4.06. The number of carbonyl (C=O) groups is 1. The molecule has 0 saturated carbocycles. The number of aliphatic hydroxyl groups excluding tert-OH is 1. The van der Waals surface area contributed by atoms with Gasteiger partial charge in [0.1, 0.15) is 30.5 Å². The number of esters is 1. The molecular formula is C18H23ClN6O6P+. The van der Waals surface area contributed by atoms with Crippen LogP contribution in [-0.4, -0.2) is 61.1 Å². The number of nitrogen functional groups attached to an aromatic ring is 1. The van der Waals surface area contributed by atoms with Gasteiger partial charge in [0.25, 0.3) is 0 Å². The average Bonchev–Trinajstić information content (AvgIpc) is 3.27. The van der Waals surface area contributed by atoms with Gasteiger partial charge in [0.05, 0.1) is 12.4 Å². The minimum atomic E-state index is -2.51. The molecular weight excluding hydrogens is 463 g/mol. The molecule has 1 aliphatic heterocycles. The third-order valence-corrected chi connectivity index (χ3v) is 5.82. The summed E-state index contributed by atoms with van der Waals surface area (Å²) in [5, 5.41) is 13.0. The standard InChI is InChI=1S/C18H23ClN6O6P/c1-5-18(7-29-32(28)24-10(4)16(27)30-9(2)3)11(26)6-12(31-18)25-8-21-13-14(20)22-17(19)23-15(13)25/h1,8-12,26H,6-7H2,2-4H3,(H,24,28)(H2,20,22,23)/q+1/t10-,11+,12-,18-/m1/s1. The Morgan fingerprint density at radius 2 is 2.28 bits per heavy atom. The fourth-order valence-electron chi connectivity index (χ4n) is 3.08. The maximum absolute atomic E-state index is 12.3. The molecule has 172 valence electrons. The molecule has 0 radical (unpaired) electrons. The van der Waals surface area contributed by atoms with E-state index in [-0.39, 0.29) is 23.6 Å². The first-order valence-corrected chi connectivity index (χ1v) is 11.2. The second-order valence-electron chi connectivity index (χ2n) is 7.43. The molecule has 3 rings (SSSR count). The molecule has 0 amide bonds. The number of imidazole rings is 1. The van der Waals surface area contributed by atoms with Gasteiger partial charge in [-0.1, -0.05) is 11.0 Å². The second kappa shape index (κ2) is 9.62. The topological polar surface area (TPSA) is 164 Å². The first-order valence-electron chi connectivity index (χ1n) is 9.62. The van der Waals surface area contributed by atoms with Gasteiger partial charge in [-0.2, -0.15) is 9.97 Å². The van der Waals surface area contributed by atoms with Crippen LogP contribution in [-0.2, 0) is 23.4 Å². The van der Waals surface area contributed by atoms with Crippen LogP contribution < -0.4 is 10.8 Å². The zero-order valence-corrected chi connectivity index (χ0v) is 19.2. The molecule has 0 aromatic carbocycles. The molecule has 3 heterocycles. The molecule has 5 atom stereocenters. The Morgan fingerprint density at radius 1 is 1.56 bits per heavy atom. The van der Waals surface area contributed by atoms with Gasteiger partial charge < -0.3 is 20.3 Å². The zero-order chi connectivity index (χ0) is 23.6. The number of aliphatic hydroxyl groups is 1. The minimum absolute atomic E-state index is 0.0713. The minimum Gasteiger partial charge on any atom is -0.462 e. The van der Waals surface area contributed by atoms with E-state index < -0.39 is 44.7 Å². The van der Waals surface area contributed by atoms with E-state index in [2.05, 4.69) is 26.0 Å². The molecule has 0 aliphatic carbocycles. The lowest BCUT2D eigenvalue weighted by atomic mass is 9.99. The molecule has 4 N–H and O–H groups in total. The summed E-state index contributed by atoms with van der Waals surface area (Å²) in [5.74, 6) is 1.90. The van der Waals surface area contributed by atoms with Crippen LogP contribution in [0.1, 0.15) is 33.4 Å². The van der Waals surface area contributed by atoms with Crippen LogP contribution in [0.25, 0.3) is 11.2 Å². The maximum atomic E-state index is 12.3. The summed E-state index contributed by atoms with van der Waals surface area (Å²) in [7, 11) is -2.51. The first-order chi connectivity index (χ1) is 15.1. The van der Waals surface area contributed by atoms with E-state index in [1.807, 2.05) is 0 Å². The highest BCUT2D eigenvalue weighted by Crippen LogP contribution is 2.39. The van der Waals surface area contributed by atoms with E-state index in [1.165, 1.54) is 17.8 Å². The summed E-state index contributed by atoms with van der Waals surface area (Å²) < 4.78 is 30.0. The van der Waals surface area contributed by atoms with E-state index >= 15 is 0 Å². The van der Waals surface area contributed by atoms with Crippen LogP contribution in [0.4, 0.5) is 5.82 Å². The smallest absolute Gasteiger partial charge is 0.462 e. The van der Waals surface area contributed by atoms with E-state index in [1.54, 1.807) is 13.8 Å². The molecule has 1 unspecified atom stereocenters. The molecule has 2 aromatic rings. The van der Waals surface area contributed by atoms with Crippen molar-refractivity contribution in [1.29, 1.82) is 0 Å². The SMILES string of the molecule is C#C[C@]1(CO[P+](=O)N[C@H](C)C(=O)OC(C)C)O[C@@H](n2cnc3c(N)nc(Cl)nc32)C[C@@H]1O. The third-order valence-electron chi connectivity index (χ3n) is 4.69. The van der Waals surface area contributed by atoms with Crippen LogP contribution >= 0.6 is 19.8 Å². The van der Waals surface area contributed by atoms with Gasteiger partial charge in [-0.25, -0.2) is 4.98 Å². The van der Waals surface area contributed by atoms with Crippen LogP contribution in [0.5, 0.6) is 0 Å². The van der Waals surface area contributed by atoms with Crippen molar-refractivity contribution in [3.8, 4) is 12.3 Å². The van der Waals surface area contributed by atoms with Crippen LogP contribution in [0, 0.1) is 12.3 Å². The number of carbonyl (C=O) groups excluding carboxylic acids is 1. The summed E-state index contributed by atoms with van der Waals surface area (Å²) in [6, 6.07) is -0.878. The van der Waals surface area contributed by atoms with Gasteiger partial charge >= 0.3 is 14.1 Å². The van der Waals surface area contributed by atoms with Crippen LogP contribution in [0.2, 0.25) is 5.28 Å². The number of ether oxygens (including phenoxy) is 2. The number of halogens is 1. The summed E-state index contributed by atoms with van der Waals surface area (Å²) in [5.41, 5.74) is 4.84. The molecule has 1 fully saturated rings. The average molecular weight is 486 g/mol. The van der Waals surface area contributed by atoms with Crippen molar-refractivity contribution in [3.05, 3.63) is 11.6 Å². The van der Waals surface area contributed by atoms with E-state index in [4.69, 9.17) is 37.8 Å². The van der Waals surface area contributed by atoms with E-state index in [9.17, 15) is 14.5 Å². The largest absolute Gasteiger partial charge is 0.613 e. The lowest BCUT2D eigenvalue weighted by Crippen LogP contribution is -2.42. The van der Waals surface area contributed by atoms with Crippen LogP contribution in [0.15, 0.2) is 6.33 Å². The number of nitrogens with zero attached hydrogens (tertiary/aromatic N) is 4. The molecule has 12 nitrogen and oxygen atoms in total. The molecule has 32 heavy (non-hydrogen) atoms. The third kappa shape index (κ3) is 4.99. The molecule has 1 saturated heterocycles. The predicted octanol–water partition coefficient (Wildman–Crippen LogP) is 1.32. The molecule has 14 heteroatoms. The van der Waals surface area contributed by atoms with Gasteiger partial charge in [0.2, 0.25) is 5.28 Å². The van der Waals surface area contributed by atoms with Crippen molar-refractivity contribution in [2.75, 3.05) is 12.3 Å². The molecule has 0 spiro atoms. The number of anilines is 1. The lowest BCUT2D eigenvalue weighted by Gasteiger charge is -2.23. The Kier molecular flexibility index (Phi) is 7.29. The van der Waals surface area contributed by atoms with Gasteiger partial charge in [-0.05, 0) is 36.9 Å². The van der Waals surface area contributed by atoms with Gasteiger partial charge in [-0.15, -0.1) is 10.9 Å². The summed E-state index contributed by atoms with van der Waals surface area (Å²) in [4.78, 5) is 24.0. The van der Waals surface area contributed by atoms with E-state index in [0.29, 0.717) is 11.2 Å². The lowest BCUT2D eigenvalue weighted by molar-refractivity contribution is -0.149. The molecule has 1 aliphatic rings. The number of nitrogens with one attached hydrogen (secondary N) is 1. The number of fused-ring (bicyclic) bond motifs is 1. The number of nitrogens with two attached hydrogens (primary N) is 1. The molecule has 0 bridgehead atoms. The number of terminal acetylenes is 1. The van der Waals surface area contributed by atoms with Gasteiger partial charge in [0.15, 0.2) is 17.1 Å². The Bertz CT molecular complexity index is 1070. The fraction of sp³-hybridized carbons (Fsp3) is 0.556. The van der Waals surface area contributed by atoms with Gasteiger partial charge in [0, 0.05) is 6.42 Å². The number of hydrogen-bond donors (Lipinski definition) is 3. The predicted molar refractivity (Wildman–Crippen MR) is 114 cm³/mol. The monoisotopic (exact) mass is 485 g/mol. The summed E-state index contributed by atoms with van der Waals surface area (Å²) in [6.45, 7) is 4.48. The van der Waals surface area contributed by atoms with Crippen molar-refractivity contribution in [2.24, 2.45) is 0 Å². The number of aromatic nitrogens is 4. The normalized spacial score (nSPS) is 24.5. The van der Waals surface area contributed by atoms with Gasteiger partial charge in [-0.3, -0.25) is 9.36 Å². The van der Waals surface area contributed by atoms with Crippen molar-refractivity contribution in [2.45, 2.75) is 57.3 Å². The summed E-state index contributed by atoms with van der Waals surface area (Å²) in [6.07, 6.45) is 4.87. The highest BCUT2D eigenvalue weighted by Gasteiger charge is 2.50. The second-order valence-corrected chi connectivity index (χ2v) is 8.80. The van der Waals surface area contributed by atoms with E-state index in [0.717, 1.165) is 0 Å². The Balaban J connectivity index is 1.69. The Labute approximate surface area is 189 Å². The number of rotatable bonds is 8.